The van der Waals surface area contributed by atoms with E-state index >= 15 is 0 Å². The molecule has 0 spiro atoms. The van der Waals surface area contributed by atoms with E-state index in [4.69, 9.17) is 21.1 Å². The Morgan fingerprint density at radius 2 is 1.56 bits per heavy atom. The Morgan fingerprint density at radius 1 is 0.878 bits per heavy atom. The molecule has 0 atom stereocenters. The van der Waals surface area contributed by atoms with Crippen LogP contribution in [0.2, 0.25) is 5.02 Å². The second-order valence-corrected chi connectivity index (χ2v) is 11.6. The highest BCUT2D eigenvalue weighted by Gasteiger charge is 2.26. The van der Waals surface area contributed by atoms with E-state index < -0.39 is 44.6 Å². The fourth-order valence-corrected chi connectivity index (χ4v) is 4.41. The van der Waals surface area contributed by atoms with E-state index in [0.29, 0.717) is 5.56 Å². The number of urea groups is 1. The first-order valence-electron chi connectivity index (χ1n) is 11.9. The molecule has 0 aliphatic carbocycles. The topological polar surface area (TPSA) is 177 Å². The zero-order valence-corrected chi connectivity index (χ0v) is 23.6. The molecule has 216 valence electrons. The number of carboxylic acids is 1. The van der Waals surface area contributed by atoms with Crippen molar-refractivity contribution >= 4 is 57.1 Å². The second-order valence-electron chi connectivity index (χ2n) is 9.45. The van der Waals surface area contributed by atoms with Crippen molar-refractivity contribution in [1.29, 1.82) is 0 Å². The second kappa shape index (κ2) is 12.7. The maximum atomic E-state index is 13.0. The van der Waals surface area contributed by atoms with Crippen molar-refractivity contribution < 1.29 is 42.2 Å². The minimum atomic E-state index is -4.61. The standard InChI is InChI=1S/C27H26ClN3O9S/c1-27(2,3)40-24(34)20-14-18(10-12-21(20)30-26(36)39-15-16-7-5-4-6-8-16)41(37,38)31-25(35)29-22-13-17(28)9-11-19(22)23(32)33/h4-14H,15H2,1-3H3,(H,30,36)(H,32,33)(H2,29,31,35). The van der Waals surface area contributed by atoms with Crippen LogP contribution < -0.4 is 15.4 Å². The number of benzene rings is 3. The van der Waals surface area contributed by atoms with E-state index in [1.807, 2.05) is 0 Å². The first-order valence-corrected chi connectivity index (χ1v) is 13.7. The fourth-order valence-electron chi connectivity index (χ4n) is 3.31. The number of ether oxygens (including phenoxy) is 2. The zero-order valence-electron chi connectivity index (χ0n) is 22.1. The number of carbonyl (C=O) groups is 4. The summed E-state index contributed by atoms with van der Waals surface area (Å²) in [7, 11) is -4.61. The van der Waals surface area contributed by atoms with Gasteiger partial charge in [0.25, 0.3) is 10.0 Å². The molecule has 3 aromatic carbocycles. The number of amides is 3. The van der Waals surface area contributed by atoms with Gasteiger partial charge in [-0.25, -0.2) is 32.3 Å². The first kappa shape index (κ1) is 30.9. The van der Waals surface area contributed by atoms with Crippen molar-refractivity contribution in [2.45, 2.75) is 37.9 Å². The van der Waals surface area contributed by atoms with Crippen LogP contribution in [0.1, 0.15) is 47.1 Å². The predicted molar refractivity (Wildman–Crippen MR) is 150 cm³/mol. The lowest BCUT2D eigenvalue weighted by molar-refractivity contribution is 0.00702. The average molecular weight is 604 g/mol. The highest BCUT2D eigenvalue weighted by molar-refractivity contribution is 7.90. The molecule has 3 amide bonds. The van der Waals surface area contributed by atoms with Crippen LogP contribution in [0, 0.1) is 0 Å². The Labute approximate surface area is 240 Å². The fraction of sp³-hybridized carbons (Fsp3) is 0.185. The summed E-state index contributed by atoms with van der Waals surface area (Å²) in [4.78, 5) is 48.8. The number of hydrogen-bond donors (Lipinski definition) is 4. The molecule has 0 bridgehead atoms. The highest BCUT2D eigenvalue weighted by atomic mass is 35.5. The predicted octanol–water partition coefficient (Wildman–Crippen LogP) is 5.25. The summed E-state index contributed by atoms with van der Waals surface area (Å²) < 4.78 is 38.3. The van der Waals surface area contributed by atoms with Gasteiger partial charge in [-0.05, 0) is 62.7 Å². The van der Waals surface area contributed by atoms with Gasteiger partial charge in [0.05, 0.1) is 27.4 Å². The van der Waals surface area contributed by atoms with Crippen LogP contribution in [0.5, 0.6) is 0 Å². The summed E-state index contributed by atoms with van der Waals surface area (Å²) in [6.07, 6.45) is -0.914. The Balaban J connectivity index is 1.85. The van der Waals surface area contributed by atoms with E-state index in [9.17, 15) is 32.7 Å². The van der Waals surface area contributed by atoms with Crippen molar-refractivity contribution in [3.8, 4) is 0 Å². The molecule has 0 saturated carbocycles. The number of sulfonamides is 1. The van der Waals surface area contributed by atoms with Crippen molar-refractivity contribution in [1.82, 2.24) is 4.72 Å². The van der Waals surface area contributed by atoms with Gasteiger partial charge in [0, 0.05) is 5.02 Å². The molecule has 0 aromatic heterocycles. The Bertz CT molecular complexity index is 1590. The van der Waals surface area contributed by atoms with Crippen LogP contribution in [0.15, 0.2) is 71.6 Å². The van der Waals surface area contributed by atoms with Gasteiger partial charge in [0.1, 0.15) is 12.2 Å². The van der Waals surface area contributed by atoms with Crippen molar-refractivity contribution in [2.75, 3.05) is 10.6 Å². The Hall–Kier alpha value is -4.62. The Kier molecular flexibility index (Phi) is 9.58. The van der Waals surface area contributed by atoms with E-state index in [1.54, 1.807) is 55.8 Å². The van der Waals surface area contributed by atoms with Crippen LogP contribution in [-0.2, 0) is 26.1 Å². The number of carboxylic acid groups (broad SMARTS) is 1. The summed E-state index contributed by atoms with van der Waals surface area (Å²) in [5.41, 5.74) is -1.26. The van der Waals surface area contributed by atoms with Crippen molar-refractivity contribution in [3.63, 3.8) is 0 Å². The summed E-state index contributed by atoms with van der Waals surface area (Å²) >= 11 is 5.86. The number of aromatic carboxylic acids is 1. The maximum Gasteiger partial charge on any atom is 0.411 e. The summed E-state index contributed by atoms with van der Waals surface area (Å²) in [5, 5.41) is 13.9. The van der Waals surface area contributed by atoms with Crippen molar-refractivity contribution in [2.24, 2.45) is 0 Å². The lowest BCUT2D eigenvalue weighted by Crippen LogP contribution is -2.35. The third kappa shape index (κ3) is 8.95. The molecule has 0 unspecified atom stereocenters. The smallest absolute Gasteiger partial charge is 0.411 e. The number of nitrogens with one attached hydrogen (secondary N) is 3. The molecule has 0 aliphatic heterocycles. The highest BCUT2D eigenvalue weighted by Crippen LogP contribution is 2.25. The Morgan fingerprint density at radius 3 is 2.20 bits per heavy atom. The SMILES string of the molecule is CC(C)(C)OC(=O)c1cc(S(=O)(=O)NC(=O)Nc2cc(Cl)ccc2C(=O)O)ccc1NC(=O)OCc1ccccc1. The quantitative estimate of drug-likeness (QED) is 0.250. The van der Waals surface area contributed by atoms with Gasteiger partial charge in [0.2, 0.25) is 0 Å². The van der Waals surface area contributed by atoms with E-state index in [-0.39, 0.29) is 34.1 Å². The molecule has 3 rings (SSSR count). The van der Waals surface area contributed by atoms with Crippen LogP contribution >= 0.6 is 11.6 Å². The monoisotopic (exact) mass is 603 g/mol. The van der Waals surface area contributed by atoms with Gasteiger partial charge in [-0.2, -0.15) is 0 Å². The lowest BCUT2D eigenvalue weighted by Gasteiger charge is -2.21. The number of rotatable bonds is 8. The van der Waals surface area contributed by atoms with E-state index in [1.165, 1.54) is 6.07 Å². The minimum absolute atomic E-state index is 0.0594. The molecule has 4 N–H and O–H groups in total. The van der Waals surface area contributed by atoms with Gasteiger partial charge in [0.15, 0.2) is 0 Å². The summed E-state index contributed by atoms with van der Waals surface area (Å²) in [6.45, 7) is 4.73. The van der Waals surface area contributed by atoms with Gasteiger partial charge >= 0.3 is 24.1 Å². The van der Waals surface area contributed by atoms with Crippen LogP contribution in [-0.4, -0.2) is 43.2 Å². The number of esters is 1. The molecule has 3 aromatic rings. The zero-order chi connectivity index (χ0) is 30.4. The molecular formula is C27H26ClN3O9S. The average Bonchev–Trinajstić information content (AvgIpc) is 2.86. The molecule has 41 heavy (non-hydrogen) atoms. The molecule has 0 heterocycles. The van der Waals surface area contributed by atoms with E-state index in [0.717, 1.165) is 30.3 Å². The first-order chi connectivity index (χ1) is 19.1. The third-order valence-corrected chi connectivity index (χ3v) is 6.62. The molecule has 14 heteroatoms. The van der Waals surface area contributed by atoms with Gasteiger partial charge in [-0.1, -0.05) is 41.9 Å². The number of hydrogen-bond acceptors (Lipinski definition) is 8. The third-order valence-electron chi connectivity index (χ3n) is 5.06. The van der Waals surface area contributed by atoms with E-state index in [2.05, 4.69) is 10.6 Å². The lowest BCUT2D eigenvalue weighted by atomic mass is 10.1. The molecule has 0 fully saturated rings. The number of anilines is 2. The van der Waals surface area contributed by atoms with Crippen LogP contribution in [0.4, 0.5) is 21.0 Å². The normalized spacial score (nSPS) is 11.2. The summed E-state index contributed by atoms with van der Waals surface area (Å²) in [5.74, 6) is -2.34. The van der Waals surface area contributed by atoms with Crippen molar-refractivity contribution in [3.05, 3.63) is 88.4 Å². The van der Waals surface area contributed by atoms with Crippen LogP contribution in [0.25, 0.3) is 0 Å². The molecule has 0 radical (unpaired) electrons. The molecule has 12 nitrogen and oxygen atoms in total. The van der Waals surface area contributed by atoms with Crippen LogP contribution in [0.3, 0.4) is 0 Å². The molecule has 0 aliphatic rings. The molecule has 0 saturated heterocycles. The number of halogens is 1. The van der Waals surface area contributed by atoms with Gasteiger partial charge in [-0.3, -0.25) is 5.32 Å². The van der Waals surface area contributed by atoms with Gasteiger partial charge < -0.3 is 19.9 Å². The summed E-state index contributed by atoms with van der Waals surface area (Å²) in [6, 6.07) is 14.2. The minimum Gasteiger partial charge on any atom is -0.478 e. The largest absolute Gasteiger partial charge is 0.478 e. The molecular weight excluding hydrogens is 578 g/mol. The number of carbonyl (C=O) groups excluding carboxylic acids is 3. The maximum absolute atomic E-state index is 13.0. The van der Waals surface area contributed by atoms with Gasteiger partial charge in [-0.15, -0.1) is 0 Å².